The number of carbonyl (C=O) groups is 1. The average molecular weight is 827 g/mol. The second kappa shape index (κ2) is 40.4. The number of quaternary nitrogens is 1. The summed E-state index contributed by atoms with van der Waals surface area (Å²) in [6.07, 6.45) is 47.9. The molecule has 338 valence electrons. The highest BCUT2D eigenvalue weighted by atomic mass is 31.2. The number of phosphoric ester groups is 1. The first-order valence-corrected chi connectivity index (χ1v) is 25.7. The molecule has 57 heavy (non-hydrogen) atoms. The molecule has 3 unspecified atom stereocenters. The summed E-state index contributed by atoms with van der Waals surface area (Å²) in [4.78, 5) is 25.3. The second-order valence-electron chi connectivity index (χ2n) is 17.8. The Morgan fingerprint density at radius 2 is 0.965 bits per heavy atom. The van der Waals surface area contributed by atoms with Crippen molar-refractivity contribution in [2.75, 3.05) is 40.9 Å². The van der Waals surface area contributed by atoms with E-state index >= 15 is 0 Å². The third-order valence-electron chi connectivity index (χ3n) is 10.9. The summed E-state index contributed by atoms with van der Waals surface area (Å²) in [6, 6.07) is -0.885. The molecule has 0 aromatic carbocycles. The highest BCUT2D eigenvalue weighted by Crippen LogP contribution is 2.38. The van der Waals surface area contributed by atoms with E-state index in [0.29, 0.717) is 17.4 Å². The molecule has 0 radical (unpaired) electrons. The molecule has 0 bridgehead atoms. The Bertz CT molecular complexity index is 984. The highest BCUT2D eigenvalue weighted by molar-refractivity contribution is 7.45. The minimum atomic E-state index is -4.59. The number of allylic oxidation sites excluding steroid dienone is 3. The van der Waals surface area contributed by atoms with Gasteiger partial charge in [-0.05, 0) is 44.9 Å². The van der Waals surface area contributed by atoms with Crippen LogP contribution in [-0.2, 0) is 18.4 Å². The fourth-order valence-corrected chi connectivity index (χ4v) is 7.75. The largest absolute Gasteiger partial charge is 0.756 e. The first kappa shape index (κ1) is 56.0. The van der Waals surface area contributed by atoms with Crippen LogP contribution in [0, 0.1) is 0 Å². The smallest absolute Gasteiger partial charge is 0.268 e. The van der Waals surface area contributed by atoms with Crippen LogP contribution in [0.2, 0.25) is 0 Å². The number of amides is 1. The molecule has 0 aliphatic heterocycles. The molecule has 1 amide bonds. The van der Waals surface area contributed by atoms with E-state index in [1.54, 1.807) is 6.08 Å². The molecule has 3 atom stereocenters. The van der Waals surface area contributed by atoms with E-state index in [4.69, 9.17) is 9.05 Å². The van der Waals surface area contributed by atoms with Crippen molar-refractivity contribution >= 4 is 13.7 Å². The Morgan fingerprint density at radius 1 is 0.596 bits per heavy atom. The van der Waals surface area contributed by atoms with Crippen molar-refractivity contribution in [1.82, 2.24) is 5.32 Å². The van der Waals surface area contributed by atoms with Crippen LogP contribution in [0.3, 0.4) is 0 Å². The lowest BCUT2D eigenvalue weighted by Gasteiger charge is -2.29. The van der Waals surface area contributed by atoms with Gasteiger partial charge in [-0.3, -0.25) is 9.36 Å². The van der Waals surface area contributed by atoms with Crippen LogP contribution >= 0.6 is 7.82 Å². The maximum Gasteiger partial charge on any atom is 0.268 e. The number of nitrogens with one attached hydrogen (secondary N) is 1. The van der Waals surface area contributed by atoms with Crippen molar-refractivity contribution in [1.29, 1.82) is 0 Å². The Hall–Kier alpha value is -1.02. The van der Waals surface area contributed by atoms with Gasteiger partial charge in [-0.25, -0.2) is 0 Å². The summed E-state index contributed by atoms with van der Waals surface area (Å²) in [7, 11) is 1.26. The minimum Gasteiger partial charge on any atom is -0.756 e. The first-order valence-electron chi connectivity index (χ1n) is 24.2. The molecule has 0 saturated carbocycles. The van der Waals surface area contributed by atoms with E-state index in [1.165, 1.54) is 167 Å². The average Bonchev–Trinajstić information content (AvgIpc) is 3.16. The van der Waals surface area contributed by atoms with Gasteiger partial charge < -0.3 is 28.8 Å². The predicted octanol–water partition coefficient (Wildman–Crippen LogP) is 13.1. The summed E-state index contributed by atoms with van der Waals surface area (Å²) in [6.45, 7) is 4.66. The van der Waals surface area contributed by atoms with Gasteiger partial charge in [-0.15, -0.1) is 0 Å². The molecule has 2 N–H and O–H groups in total. The van der Waals surface area contributed by atoms with Gasteiger partial charge in [0, 0.05) is 6.42 Å². The van der Waals surface area contributed by atoms with Gasteiger partial charge in [0.25, 0.3) is 7.82 Å². The molecule has 0 aliphatic rings. The van der Waals surface area contributed by atoms with Crippen molar-refractivity contribution in [2.24, 2.45) is 0 Å². The lowest BCUT2D eigenvalue weighted by atomic mass is 10.0. The van der Waals surface area contributed by atoms with Crippen LogP contribution in [-0.4, -0.2) is 68.5 Å². The summed E-state index contributed by atoms with van der Waals surface area (Å²) >= 11 is 0. The molecule has 0 aromatic heterocycles. The molecular weight excluding hydrogens is 732 g/mol. The Morgan fingerprint density at radius 3 is 1.37 bits per heavy atom. The zero-order valence-corrected chi connectivity index (χ0v) is 39.2. The standard InChI is InChI=1S/C48H95N2O6P/c1-6-8-10-12-14-16-18-20-22-24-25-26-28-30-32-34-36-38-40-42-48(52)49-46(45-56-57(53,54)55-44-43-50(3,4)5)47(51)41-39-37-35-33-31-29-27-23-21-19-17-15-13-11-9-7-2/h24-25,39,41,46-47,51H,6-23,26-38,40,42-45H2,1-5H3,(H-,49,52,53,54)/b25-24-,41-39+. The SMILES string of the molecule is CCCCCCCCCC/C=C\CCCCCCCCCC(=O)NC(COP(=O)([O-])OCC[N+](C)(C)C)C(O)/C=C/CCCCCCCCCCCCCCCC. The summed E-state index contributed by atoms with van der Waals surface area (Å²) in [5.74, 6) is -0.200. The van der Waals surface area contributed by atoms with Gasteiger partial charge in [0.05, 0.1) is 39.9 Å². The molecule has 0 spiro atoms. The Labute approximate surface area is 354 Å². The number of hydrogen-bond donors (Lipinski definition) is 2. The summed E-state index contributed by atoms with van der Waals surface area (Å²) < 4.78 is 23.2. The topological polar surface area (TPSA) is 108 Å². The van der Waals surface area contributed by atoms with E-state index in [2.05, 4.69) is 31.3 Å². The van der Waals surface area contributed by atoms with E-state index in [1.807, 2.05) is 27.2 Å². The van der Waals surface area contributed by atoms with Crippen LogP contribution < -0.4 is 10.2 Å². The van der Waals surface area contributed by atoms with Gasteiger partial charge in [0.2, 0.25) is 5.91 Å². The van der Waals surface area contributed by atoms with Crippen molar-refractivity contribution in [3.8, 4) is 0 Å². The monoisotopic (exact) mass is 827 g/mol. The van der Waals surface area contributed by atoms with Gasteiger partial charge in [0.15, 0.2) is 0 Å². The van der Waals surface area contributed by atoms with E-state index in [-0.39, 0.29) is 19.1 Å². The zero-order valence-electron chi connectivity index (χ0n) is 38.3. The second-order valence-corrected chi connectivity index (χ2v) is 19.2. The summed E-state index contributed by atoms with van der Waals surface area (Å²) in [5, 5.41) is 13.8. The number of aliphatic hydroxyl groups is 1. The quantitative estimate of drug-likeness (QED) is 0.0274. The van der Waals surface area contributed by atoms with Crippen LogP contribution in [0.4, 0.5) is 0 Å². The third-order valence-corrected chi connectivity index (χ3v) is 11.9. The van der Waals surface area contributed by atoms with E-state index < -0.39 is 20.0 Å². The number of aliphatic hydroxyl groups excluding tert-OH is 1. The Kier molecular flexibility index (Phi) is 39.7. The number of phosphoric acid groups is 1. The molecule has 0 rings (SSSR count). The number of nitrogens with zero attached hydrogens (tertiary/aromatic N) is 1. The number of rotatable bonds is 44. The maximum absolute atomic E-state index is 12.9. The van der Waals surface area contributed by atoms with Gasteiger partial charge >= 0.3 is 0 Å². The van der Waals surface area contributed by atoms with E-state index in [9.17, 15) is 19.4 Å². The lowest BCUT2D eigenvalue weighted by molar-refractivity contribution is -0.870. The van der Waals surface area contributed by atoms with E-state index in [0.717, 1.165) is 38.5 Å². The molecule has 9 heteroatoms. The number of carbonyl (C=O) groups excluding carboxylic acids is 1. The Balaban J connectivity index is 4.36. The predicted molar refractivity (Wildman–Crippen MR) is 242 cm³/mol. The first-order chi connectivity index (χ1) is 27.5. The molecular formula is C48H95N2O6P. The molecule has 0 aliphatic carbocycles. The lowest BCUT2D eigenvalue weighted by Crippen LogP contribution is -2.45. The fourth-order valence-electron chi connectivity index (χ4n) is 7.03. The maximum atomic E-state index is 12.9. The zero-order chi connectivity index (χ0) is 42.1. The van der Waals surface area contributed by atoms with Gasteiger partial charge in [0.1, 0.15) is 13.2 Å². The van der Waals surface area contributed by atoms with Crippen molar-refractivity contribution in [3.63, 3.8) is 0 Å². The van der Waals surface area contributed by atoms with Gasteiger partial charge in [-0.1, -0.05) is 199 Å². The van der Waals surface area contributed by atoms with Crippen LogP contribution in [0.1, 0.15) is 226 Å². The van der Waals surface area contributed by atoms with Gasteiger partial charge in [-0.2, -0.15) is 0 Å². The molecule has 0 heterocycles. The number of hydrogen-bond acceptors (Lipinski definition) is 6. The number of likely N-dealkylation sites (N-methyl/N-ethyl adjacent to an activating group) is 1. The summed E-state index contributed by atoms with van der Waals surface area (Å²) in [5.41, 5.74) is 0. The minimum absolute atomic E-state index is 0.000593. The molecule has 0 aromatic rings. The third kappa shape index (κ3) is 42.9. The van der Waals surface area contributed by atoms with Crippen molar-refractivity contribution in [3.05, 3.63) is 24.3 Å². The van der Waals surface area contributed by atoms with Crippen LogP contribution in [0.25, 0.3) is 0 Å². The highest BCUT2D eigenvalue weighted by Gasteiger charge is 2.23. The van der Waals surface area contributed by atoms with Crippen molar-refractivity contribution < 1.29 is 32.9 Å². The fraction of sp³-hybridized carbons (Fsp3) is 0.896. The molecule has 0 fully saturated rings. The molecule has 0 saturated heterocycles. The van der Waals surface area contributed by atoms with Crippen molar-refractivity contribution in [2.45, 2.75) is 238 Å². The molecule has 8 nitrogen and oxygen atoms in total. The normalized spacial score (nSPS) is 14.4. The number of unbranched alkanes of at least 4 members (excludes halogenated alkanes) is 29. The van der Waals surface area contributed by atoms with Crippen LogP contribution in [0.15, 0.2) is 24.3 Å². The van der Waals surface area contributed by atoms with Crippen LogP contribution in [0.5, 0.6) is 0 Å².